The van der Waals surface area contributed by atoms with Gasteiger partial charge in [-0.25, -0.2) is 0 Å². The van der Waals surface area contributed by atoms with Crippen molar-refractivity contribution in [1.82, 2.24) is 9.88 Å². The van der Waals surface area contributed by atoms with Crippen LogP contribution in [0.3, 0.4) is 0 Å². The third kappa shape index (κ3) is 10.2. The summed E-state index contributed by atoms with van der Waals surface area (Å²) in [6, 6.07) is 13.6. The van der Waals surface area contributed by atoms with E-state index in [1.807, 2.05) is 30.5 Å². The minimum absolute atomic E-state index is 0.00475. The molecule has 0 saturated heterocycles. The number of unbranched alkanes of at least 4 members (excludes halogenated alkanes) is 1. The van der Waals surface area contributed by atoms with Crippen LogP contribution in [0.5, 0.6) is 5.75 Å². The second-order valence-corrected chi connectivity index (χ2v) is 14.1. The van der Waals surface area contributed by atoms with Crippen LogP contribution in [0.4, 0.5) is 0 Å². The van der Waals surface area contributed by atoms with Crippen molar-refractivity contribution >= 4 is 35.0 Å². The number of benzene rings is 2. The van der Waals surface area contributed by atoms with E-state index in [1.165, 1.54) is 0 Å². The molecule has 0 spiro atoms. The maximum absolute atomic E-state index is 12.9. The van der Waals surface area contributed by atoms with Gasteiger partial charge in [-0.05, 0) is 85.9 Å². The number of hydrogen-bond acceptors (Lipinski definition) is 10. The van der Waals surface area contributed by atoms with Crippen molar-refractivity contribution in [2.45, 2.75) is 94.1 Å². The Morgan fingerprint density at radius 2 is 1.65 bits per heavy atom. The van der Waals surface area contributed by atoms with Crippen molar-refractivity contribution in [1.29, 1.82) is 0 Å². The Bertz CT molecular complexity index is 1670. The highest BCUT2D eigenvalue weighted by Gasteiger charge is 2.48. The molecule has 4 atom stereocenters. The lowest BCUT2D eigenvalue weighted by molar-refractivity contribution is -0.142. The number of ether oxygens (including phenoxy) is 2. The summed E-state index contributed by atoms with van der Waals surface area (Å²) in [4.78, 5) is 29.9. The fourth-order valence-corrected chi connectivity index (χ4v) is 6.51. The van der Waals surface area contributed by atoms with E-state index in [0.29, 0.717) is 29.3 Å². The summed E-state index contributed by atoms with van der Waals surface area (Å²) in [5.41, 5.74) is 9.35. The molecule has 276 valence electrons. The molecule has 0 unspecified atom stereocenters. The van der Waals surface area contributed by atoms with Crippen LogP contribution in [0, 0.1) is 0 Å². The maximum atomic E-state index is 12.9. The van der Waals surface area contributed by atoms with Gasteiger partial charge >= 0.3 is 0 Å². The molecule has 2 fully saturated rings. The Morgan fingerprint density at radius 3 is 2.33 bits per heavy atom. The number of hydrogen-bond donors (Lipinski definition) is 6. The van der Waals surface area contributed by atoms with E-state index in [1.54, 1.807) is 18.3 Å². The lowest BCUT2D eigenvalue weighted by atomic mass is 9.96. The Balaban J connectivity index is 1.16. The van der Waals surface area contributed by atoms with E-state index in [-0.39, 0.29) is 19.1 Å². The second kappa shape index (κ2) is 17.5. The van der Waals surface area contributed by atoms with Gasteiger partial charge in [0.1, 0.15) is 30.2 Å². The largest absolute Gasteiger partial charge is 0.490 e. The summed E-state index contributed by atoms with van der Waals surface area (Å²) in [7, 11) is 0. The lowest BCUT2D eigenvalue weighted by Gasteiger charge is -2.30. The molecule has 14 heteroatoms. The zero-order valence-corrected chi connectivity index (χ0v) is 29.7. The van der Waals surface area contributed by atoms with Crippen molar-refractivity contribution in [3.63, 3.8) is 0 Å². The first-order valence-electron chi connectivity index (χ1n) is 17.1. The van der Waals surface area contributed by atoms with Crippen LogP contribution >= 0.6 is 23.2 Å². The second-order valence-electron chi connectivity index (χ2n) is 13.3. The number of carbonyl (C=O) groups excluding carboxylic acids is 2. The quantitative estimate of drug-likeness (QED) is 0.0935. The lowest BCUT2D eigenvalue weighted by Crippen LogP contribution is -2.51. The van der Waals surface area contributed by atoms with E-state index in [4.69, 9.17) is 43.5 Å². The molecule has 1 heterocycles. The van der Waals surface area contributed by atoms with Crippen LogP contribution in [0.15, 0.2) is 54.9 Å². The van der Waals surface area contributed by atoms with Gasteiger partial charge in [0.2, 0.25) is 11.8 Å². The van der Waals surface area contributed by atoms with Gasteiger partial charge in [-0.2, -0.15) is 0 Å². The van der Waals surface area contributed by atoms with Crippen molar-refractivity contribution in [3.05, 3.63) is 81.6 Å². The molecule has 2 aliphatic carbocycles. The van der Waals surface area contributed by atoms with E-state index in [0.717, 1.165) is 64.1 Å². The molecule has 5 rings (SSSR count). The zero-order chi connectivity index (χ0) is 36.7. The SMILES string of the molecule is NC(=O)CN(C[C@@H](O)[C@H](O)[C@@H](O)[C@@H](O)CO)C(=O)CCCCc1cc(Cl)c(COC2(c3cnccc3-c3ccccc3OC3CC3)CC2)cc1Cl. The molecule has 0 bridgehead atoms. The number of nitrogens with two attached hydrogens (primary N) is 1. The van der Waals surface area contributed by atoms with Gasteiger partial charge in [0.15, 0.2) is 0 Å². The summed E-state index contributed by atoms with van der Waals surface area (Å²) in [5.74, 6) is -0.477. The number of aliphatic hydroxyl groups excluding tert-OH is 5. The normalized spacial score (nSPS) is 17.3. The summed E-state index contributed by atoms with van der Waals surface area (Å²) >= 11 is 13.4. The number of carbonyl (C=O) groups is 2. The summed E-state index contributed by atoms with van der Waals surface area (Å²) < 4.78 is 12.8. The van der Waals surface area contributed by atoms with Gasteiger partial charge in [-0.1, -0.05) is 41.4 Å². The first kappa shape index (κ1) is 38.9. The molecule has 0 radical (unpaired) electrons. The number of pyridine rings is 1. The number of primary amides is 1. The number of amides is 2. The number of aromatic nitrogens is 1. The van der Waals surface area contributed by atoms with Crippen LogP contribution in [-0.2, 0) is 33.0 Å². The minimum Gasteiger partial charge on any atom is -0.490 e. The number of aliphatic hydroxyl groups is 5. The molecule has 2 aliphatic rings. The fourth-order valence-electron chi connectivity index (χ4n) is 5.99. The predicted octanol–water partition coefficient (Wildman–Crippen LogP) is 3.27. The summed E-state index contributed by atoms with van der Waals surface area (Å²) in [6.45, 7) is -1.64. The Labute approximate surface area is 306 Å². The van der Waals surface area contributed by atoms with Crippen molar-refractivity contribution < 1.29 is 44.6 Å². The standard InChI is InChI=1S/C37H45Cl2N3O9/c38-28-16-23(21-50-37(12-13-37)27-17-41-14-11-25(27)26-6-2-3-7-32(26)51-24-9-10-24)29(39)15-22(28)5-1-4-8-34(47)42(19-33(40)46)18-30(44)35(48)36(49)31(45)20-43/h2-3,6-7,11,14-17,24,30-31,35-36,43-45,48-49H,1,4-5,8-10,12-13,18-21H2,(H2,40,46)/t30-,31+,35+,36+/m1/s1. The molecule has 7 N–H and O–H groups in total. The van der Waals surface area contributed by atoms with E-state index < -0.39 is 61.5 Å². The van der Waals surface area contributed by atoms with Crippen LogP contribution in [0.25, 0.3) is 11.1 Å². The van der Waals surface area contributed by atoms with Gasteiger partial charge in [0.25, 0.3) is 0 Å². The monoisotopic (exact) mass is 745 g/mol. The van der Waals surface area contributed by atoms with Crippen LogP contribution in [0.2, 0.25) is 10.0 Å². The number of rotatable bonds is 20. The molecule has 0 aliphatic heterocycles. The zero-order valence-electron chi connectivity index (χ0n) is 28.2. The fraction of sp³-hybridized carbons (Fsp3) is 0.486. The number of aryl methyl sites for hydroxylation is 1. The van der Waals surface area contributed by atoms with Gasteiger partial charge in [0.05, 0.1) is 31.5 Å². The van der Waals surface area contributed by atoms with Crippen LogP contribution in [0.1, 0.15) is 61.6 Å². The predicted molar refractivity (Wildman–Crippen MR) is 190 cm³/mol. The average Bonchev–Trinajstić information content (AvgIpc) is 4.07. The number of para-hydroxylation sites is 1. The molecular weight excluding hydrogens is 701 g/mol. The maximum Gasteiger partial charge on any atom is 0.237 e. The summed E-state index contributed by atoms with van der Waals surface area (Å²) in [5, 5.41) is 49.9. The Hall–Kier alpha value is -3.33. The molecule has 12 nitrogen and oxygen atoms in total. The highest BCUT2D eigenvalue weighted by atomic mass is 35.5. The Kier molecular flexibility index (Phi) is 13.3. The molecular formula is C37H45Cl2N3O9. The van der Waals surface area contributed by atoms with Gasteiger partial charge in [-0.15, -0.1) is 0 Å². The molecule has 1 aromatic heterocycles. The average molecular weight is 747 g/mol. The molecule has 2 saturated carbocycles. The van der Waals surface area contributed by atoms with E-state index in [9.17, 15) is 30.0 Å². The third-order valence-corrected chi connectivity index (χ3v) is 9.95. The van der Waals surface area contributed by atoms with Gasteiger partial charge in [-0.3, -0.25) is 14.6 Å². The smallest absolute Gasteiger partial charge is 0.237 e. The van der Waals surface area contributed by atoms with Crippen molar-refractivity contribution in [2.75, 3.05) is 19.7 Å². The highest BCUT2D eigenvalue weighted by Crippen LogP contribution is 2.53. The molecule has 3 aromatic rings. The van der Waals surface area contributed by atoms with Gasteiger partial charge < -0.3 is 45.6 Å². The Morgan fingerprint density at radius 1 is 0.961 bits per heavy atom. The topological polar surface area (TPSA) is 196 Å². The molecule has 2 amide bonds. The number of nitrogens with zero attached hydrogens (tertiary/aromatic N) is 2. The minimum atomic E-state index is -1.88. The van der Waals surface area contributed by atoms with E-state index in [2.05, 4.69) is 11.1 Å². The van der Waals surface area contributed by atoms with Crippen LogP contribution in [-0.4, -0.2) is 97.4 Å². The van der Waals surface area contributed by atoms with E-state index >= 15 is 0 Å². The third-order valence-electron chi connectivity index (χ3n) is 9.25. The van der Waals surface area contributed by atoms with Gasteiger partial charge in [0, 0.05) is 46.5 Å². The first-order valence-corrected chi connectivity index (χ1v) is 17.9. The number of halogens is 2. The first-order chi connectivity index (χ1) is 24.4. The summed E-state index contributed by atoms with van der Waals surface area (Å²) in [6.07, 6.45) is 2.03. The molecule has 51 heavy (non-hydrogen) atoms. The van der Waals surface area contributed by atoms with Crippen molar-refractivity contribution in [3.8, 4) is 16.9 Å². The van der Waals surface area contributed by atoms with Crippen molar-refractivity contribution in [2.24, 2.45) is 5.73 Å². The van der Waals surface area contributed by atoms with Crippen LogP contribution < -0.4 is 10.5 Å². The highest BCUT2D eigenvalue weighted by molar-refractivity contribution is 6.34. The molecule has 2 aromatic carbocycles.